The Morgan fingerprint density at radius 1 is 0.532 bits per heavy atom. The second kappa shape index (κ2) is 38.0. The molecule has 0 saturated heterocycles. The monoisotopic (exact) mass is 860 g/mol. The number of rotatable bonds is 40. The van der Waals surface area contributed by atoms with E-state index in [1.807, 2.05) is 18.2 Å². The number of unbranched alkanes of at least 4 members (excludes halogenated alkanes) is 26. The number of carbonyl (C=O) groups is 3. The van der Waals surface area contributed by atoms with E-state index in [4.69, 9.17) is 9.47 Å². The van der Waals surface area contributed by atoms with Gasteiger partial charge in [-0.3, -0.25) is 4.79 Å². The van der Waals surface area contributed by atoms with Crippen LogP contribution in [0.3, 0.4) is 0 Å². The van der Waals surface area contributed by atoms with Crippen molar-refractivity contribution in [3.63, 3.8) is 0 Å². The first-order valence-corrected chi connectivity index (χ1v) is 25.5. The molecule has 0 aliphatic rings. The molecule has 0 aliphatic heterocycles. The van der Waals surface area contributed by atoms with Gasteiger partial charge < -0.3 is 19.9 Å². The Bertz CT molecular complexity index is 1390. The standard InChI is InChI=1S/C55H89NO6/c1-4-5-6-7-8-9-10-11-12-13-14-15-16-17-18-19-22-26-29-38-45-52(62-55(60)49-42-35-31-36-43-49)53(58)56-50(46-57)51(61-54(59)48-40-33-30-34-41-48)44-37-28-25-23-20-21-24-27-32-39-47(2)3/h30-31,33-37,40-44,47,50-52,57H,4-29,32,38-39,45-46H2,1-3H3,(H,56,58)/b44-37+/t50-,51+,52+/m0/s1. The highest BCUT2D eigenvalue weighted by atomic mass is 16.6. The summed E-state index contributed by atoms with van der Waals surface area (Å²) in [6, 6.07) is 16.5. The van der Waals surface area contributed by atoms with Crippen LogP contribution in [0.4, 0.5) is 0 Å². The normalized spacial score (nSPS) is 13.0. The third kappa shape index (κ3) is 28.3. The molecule has 350 valence electrons. The highest BCUT2D eigenvalue weighted by Gasteiger charge is 2.30. The summed E-state index contributed by atoms with van der Waals surface area (Å²) in [4.78, 5) is 40.3. The van der Waals surface area contributed by atoms with Gasteiger partial charge in [-0.1, -0.05) is 230 Å². The highest BCUT2D eigenvalue weighted by molar-refractivity contribution is 5.92. The van der Waals surface area contributed by atoms with Crippen LogP contribution in [0.1, 0.15) is 234 Å². The lowest BCUT2D eigenvalue weighted by molar-refractivity contribution is -0.132. The number of esters is 2. The number of amides is 1. The second-order valence-electron chi connectivity index (χ2n) is 18.2. The van der Waals surface area contributed by atoms with Crippen LogP contribution in [0.2, 0.25) is 0 Å². The predicted octanol–water partition coefficient (Wildman–Crippen LogP) is 14.8. The molecule has 0 fully saturated rings. The fraction of sp³-hybridized carbons (Fsp3) is 0.691. The first-order chi connectivity index (χ1) is 30.3. The van der Waals surface area contributed by atoms with Crippen molar-refractivity contribution < 1.29 is 29.0 Å². The topological polar surface area (TPSA) is 102 Å². The van der Waals surface area contributed by atoms with E-state index >= 15 is 0 Å². The van der Waals surface area contributed by atoms with Gasteiger partial charge in [0.05, 0.1) is 23.8 Å². The summed E-state index contributed by atoms with van der Waals surface area (Å²) in [7, 11) is 0. The Balaban J connectivity index is 1.84. The van der Waals surface area contributed by atoms with Crippen LogP contribution >= 0.6 is 0 Å². The number of hydrogen-bond donors (Lipinski definition) is 2. The lowest BCUT2D eigenvalue weighted by Gasteiger charge is -2.26. The minimum Gasteiger partial charge on any atom is -0.452 e. The van der Waals surface area contributed by atoms with E-state index in [0.29, 0.717) is 17.5 Å². The summed E-state index contributed by atoms with van der Waals surface area (Å²) in [6.07, 6.45) is 38.4. The van der Waals surface area contributed by atoms with E-state index in [1.54, 1.807) is 54.6 Å². The van der Waals surface area contributed by atoms with Gasteiger partial charge in [-0.25, -0.2) is 9.59 Å². The maximum atomic E-state index is 13.9. The lowest BCUT2D eigenvalue weighted by atomic mass is 10.0. The Morgan fingerprint density at radius 3 is 1.34 bits per heavy atom. The lowest BCUT2D eigenvalue weighted by Crippen LogP contribution is -2.50. The molecule has 0 saturated carbocycles. The molecule has 2 N–H and O–H groups in total. The fourth-order valence-electron chi connectivity index (χ4n) is 8.06. The van der Waals surface area contributed by atoms with Crippen molar-refractivity contribution in [1.82, 2.24) is 5.32 Å². The molecular formula is C55H89NO6. The van der Waals surface area contributed by atoms with Crippen molar-refractivity contribution >= 4 is 17.8 Å². The Hall–Kier alpha value is -3.45. The minimum atomic E-state index is -1.05. The number of benzene rings is 2. The van der Waals surface area contributed by atoms with Gasteiger partial charge in [0.2, 0.25) is 0 Å². The molecule has 2 aromatic carbocycles. The third-order valence-corrected chi connectivity index (χ3v) is 12.0. The van der Waals surface area contributed by atoms with Crippen LogP contribution in [0.5, 0.6) is 0 Å². The Labute approximate surface area is 379 Å². The van der Waals surface area contributed by atoms with Gasteiger partial charge in [0.15, 0.2) is 6.10 Å². The zero-order valence-corrected chi connectivity index (χ0v) is 39.6. The van der Waals surface area contributed by atoms with Crippen molar-refractivity contribution in [1.29, 1.82) is 0 Å². The van der Waals surface area contributed by atoms with Crippen LogP contribution in [0, 0.1) is 5.92 Å². The average molecular weight is 860 g/mol. The summed E-state index contributed by atoms with van der Waals surface area (Å²) < 4.78 is 11.8. The first-order valence-electron chi connectivity index (χ1n) is 25.5. The van der Waals surface area contributed by atoms with Gasteiger partial charge in [0.1, 0.15) is 6.10 Å². The first kappa shape index (κ1) is 54.7. The molecule has 2 rings (SSSR count). The maximum Gasteiger partial charge on any atom is 0.338 e. The summed E-state index contributed by atoms with van der Waals surface area (Å²) in [5.41, 5.74) is 0.757. The molecule has 7 nitrogen and oxygen atoms in total. The molecule has 2 aromatic rings. The number of hydrogen-bond acceptors (Lipinski definition) is 6. The Kier molecular flexibility index (Phi) is 33.6. The average Bonchev–Trinajstić information content (AvgIpc) is 3.28. The van der Waals surface area contributed by atoms with E-state index in [-0.39, 0.29) is 0 Å². The molecule has 1 amide bonds. The molecule has 0 spiro atoms. The van der Waals surface area contributed by atoms with Crippen LogP contribution in [-0.4, -0.2) is 47.8 Å². The van der Waals surface area contributed by atoms with E-state index in [0.717, 1.165) is 50.9 Å². The zero-order chi connectivity index (χ0) is 44.7. The zero-order valence-electron chi connectivity index (χ0n) is 39.6. The van der Waals surface area contributed by atoms with Gasteiger partial charge in [-0.2, -0.15) is 0 Å². The van der Waals surface area contributed by atoms with E-state index in [9.17, 15) is 19.5 Å². The molecular weight excluding hydrogens is 771 g/mol. The fourth-order valence-corrected chi connectivity index (χ4v) is 8.06. The number of allylic oxidation sites excluding steroid dienone is 1. The smallest absolute Gasteiger partial charge is 0.338 e. The highest BCUT2D eigenvalue weighted by Crippen LogP contribution is 2.18. The minimum absolute atomic E-state index is 0.365. The quantitative estimate of drug-likeness (QED) is 0.0393. The largest absolute Gasteiger partial charge is 0.452 e. The van der Waals surface area contributed by atoms with Gasteiger partial charge in [-0.05, 0) is 61.9 Å². The van der Waals surface area contributed by atoms with Crippen LogP contribution in [-0.2, 0) is 14.3 Å². The van der Waals surface area contributed by atoms with Crippen LogP contribution in [0.25, 0.3) is 0 Å². The van der Waals surface area contributed by atoms with Gasteiger partial charge >= 0.3 is 11.9 Å². The number of aliphatic hydroxyl groups is 1. The maximum absolute atomic E-state index is 13.9. The van der Waals surface area contributed by atoms with E-state index < -0.39 is 42.7 Å². The third-order valence-electron chi connectivity index (χ3n) is 12.0. The molecule has 0 bridgehead atoms. The summed E-state index contributed by atoms with van der Waals surface area (Å²) in [5.74, 6) is -0.842. The summed E-state index contributed by atoms with van der Waals surface area (Å²) >= 11 is 0. The molecule has 3 atom stereocenters. The number of ether oxygens (including phenoxy) is 2. The molecule has 0 aliphatic carbocycles. The number of aliphatic hydroxyl groups excluding tert-OH is 1. The van der Waals surface area contributed by atoms with E-state index in [2.05, 4.69) is 26.1 Å². The van der Waals surface area contributed by atoms with Crippen LogP contribution in [0.15, 0.2) is 72.8 Å². The molecule has 0 aromatic heterocycles. The van der Waals surface area contributed by atoms with E-state index in [1.165, 1.54) is 141 Å². The number of carbonyl (C=O) groups excluding carboxylic acids is 3. The van der Waals surface area contributed by atoms with Crippen molar-refractivity contribution in [3.8, 4) is 0 Å². The molecule has 62 heavy (non-hydrogen) atoms. The van der Waals surface area contributed by atoms with Gasteiger partial charge in [0.25, 0.3) is 5.91 Å². The van der Waals surface area contributed by atoms with Crippen molar-refractivity contribution in [2.24, 2.45) is 5.92 Å². The number of nitrogens with one attached hydrogen (secondary N) is 1. The molecule has 0 unspecified atom stereocenters. The van der Waals surface area contributed by atoms with Gasteiger partial charge in [0, 0.05) is 0 Å². The molecule has 0 radical (unpaired) electrons. The Morgan fingerprint density at radius 2 is 0.919 bits per heavy atom. The predicted molar refractivity (Wildman–Crippen MR) is 258 cm³/mol. The summed E-state index contributed by atoms with van der Waals surface area (Å²) in [5, 5.41) is 13.5. The second-order valence-corrected chi connectivity index (χ2v) is 18.2. The summed E-state index contributed by atoms with van der Waals surface area (Å²) in [6.45, 7) is 6.38. The molecule has 0 heterocycles. The van der Waals surface area contributed by atoms with Gasteiger partial charge in [-0.15, -0.1) is 0 Å². The van der Waals surface area contributed by atoms with Crippen molar-refractivity contribution in [2.45, 2.75) is 232 Å². The molecule has 7 heteroatoms. The van der Waals surface area contributed by atoms with Crippen molar-refractivity contribution in [2.75, 3.05) is 6.61 Å². The van der Waals surface area contributed by atoms with Crippen molar-refractivity contribution in [3.05, 3.63) is 83.9 Å². The SMILES string of the molecule is CCCCCCCCCCCCCCCCCCCCCC[C@@H](OC(=O)c1ccccc1)C(=O)N[C@@H](CO)[C@@H](/C=C/CCCCCCCCCC(C)C)OC(=O)c1ccccc1. The van der Waals surface area contributed by atoms with Crippen LogP contribution < -0.4 is 5.32 Å².